The van der Waals surface area contributed by atoms with E-state index in [0.717, 1.165) is 15.7 Å². The summed E-state index contributed by atoms with van der Waals surface area (Å²) >= 11 is 0. The molecule has 9 heteroatoms. The number of hydrogen-bond acceptors (Lipinski definition) is 3. The highest BCUT2D eigenvalue weighted by atomic mass is 19.4. The van der Waals surface area contributed by atoms with Crippen molar-refractivity contribution < 1.29 is 17.9 Å². The van der Waals surface area contributed by atoms with Gasteiger partial charge in [0.15, 0.2) is 5.75 Å². The van der Waals surface area contributed by atoms with Gasteiger partial charge in [0.05, 0.1) is 6.42 Å². The Kier molecular flexibility index (Phi) is 5.65. The van der Waals surface area contributed by atoms with Crippen molar-refractivity contribution in [3.05, 3.63) is 80.8 Å². The third-order valence-electron chi connectivity index (χ3n) is 5.55. The highest BCUT2D eigenvalue weighted by Gasteiger charge is 2.27. The maximum absolute atomic E-state index is 13.3. The Morgan fingerprint density at radius 1 is 0.970 bits per heavy atom. The summed E-state index contributed by atoms with van der Waals surface area (Å²) in [5.41, 5.74) is 1.91. The summed E-state index contributed by atoms with van der Waals surface area (Å²) in [5, 5.41) is 0.580. The van der Waals surface area contributed by atoms with Gasteiger partial charge in [0.1, 0.15) is 11.3 Å². The Hall–Kier alpha value is -3.75. The van der Waals surface area contributed by atoms with E-state index < -0.39 is 24.7 Å². The lowest BCUT2D eigenvalue weighted by molar-refractivity contribution is -0.136. The number of alkyl halides is 3. The molecule has 6 nitrogen and oxygen atoms in total. The first-order valence-electron chi connectivity index (χ1n) is 10.3. The highest BCUT2D eigenvalue weighted by molar-refractivity contribution is 5.95. The molecule has 0 radical (unpaired) electrons. The first kappa shape index (κ1) is 22.4. The number of benzene rings is 1. The van der Waals surface area contributed by atoms with Gasteiger partial charge >= 0.3 is 6.18 Å². The second kappa shape index (κ2) is 8.31. The predicted octanol–water partition coefficient (Wildman–Crippen LogP) is 5.06. The normalized spacial score (nSPS) is 11.8. The molecule has 3 aromatic heterocycles. The van der Waals surface area contributed by atoms with Crippen LogP contribution in [0.15, 0.2) is 58.5 Å². The number of fused-ring (bicyclic) bond motifs is 1. The van der Waals surface area contributed by atoms with Crippen molar-refractivity contribution in [2.45, 2.75) is 33.0 Å². The van der Waals surface area contributed by atoms with Crippen molar-refractivity contribution in [2.75, 3.05) is 0 Å². The van der Waals surface area contributed by atoms with Crippen LogP contribution >= 0.6 is 0 Å². The van der Waals surface area contributed by atoms with Gasteiger partial charge in [-0.2, -0.15) is 13.2 Å². The van der Waals surface area contributed by atoms with Crippen LogP contribution in [0.25, 0.3) is 22.0 Å². The van der Waals surface area contributed by atoms with Crippen molar-refractivity contribution in [3.63, 3.8) is 0 Å². The minimum absolute atomic E-state index is 0.0989. The van der Waals surface area contributed by atoms with Crippen molar-refractivity contribution >= 4 is 10.9 Å². The van der Waals surface area contributed by atoms with Crippen LogP contribution in [0, 0.1) is 13.8 Å². The molecular formula is C24H22F3N3O3. The maximum Gasteiger partial charge on any atom is 0.390 e. The predicted molar refractivity (Wildman–Crippen MR) is 120 cm³/mol. The molecule has 0 amide bonds. The molecule has 3 heterocycles. The van der Waals surface area contributed by atoms with Gasteiger partial charge in [-0.05, 0) is 37.1 Å². The average Bonchev–Trinajstić information content (AvgIpc) is 3.23. The first-order chi connectivity index (χ1) is 15.6. The Morgan fingerprint density at radius 2 is 1.67 bits per heavy atom. The third kappa shape index (κ3) is 4.30. The maximum atomic E-state index is 13.3. The summed E-state index contributed by atoms with van der Waals surface area (Å²) in [6.07, 6.45) is -1.01. The zero-order valence-corrected chi connectivity index (χ0v) is 18.3. The second-order valence-electron chi connectivity index (χ2n) is 7.97. The van der Waals surface area contributed by atoms with Crippen molar-refractivity contribution in [1.82, 2.24) is 14.1 Å². The van der Waals surface area contributed by atoms with Crippen LogP contribution in [0.3, 0.4) is 0 Å². The first-order valence-corrected chi connectivity index (χ1v) is 10.3. The molecule has 0 aliphatic rings. The Labute approximate surface area is 186 Å². The minimum atomic E-state index is -4.40. The molecule has 33 heavy (non-hydrogen) atoms. The highest BCUT2D eigenvalue weighted by Crippen LogP contribution is 2.36. The monoisotopic (exact) mass is 457 g/mol. The van der Waals surface area contributed by atoms with Gasteiger partial charge in [-0.25, -0.2) is 0 Å². The molecule has 1 N–H and O–H groups in total. The number of hydrogen-bond donors (Lipinski definition) is 1. The topological polar surface area (TPSA) is 69.0 Å². The van der Waals surface area contributed by atoms with E-state index in [2.05, 4.69) is 4.98 Å². The summed E-state index contributed by atoms with van der Waals surface area (Å²) in [4.78, 5) is 28.7. The Balaban J connectivity index is 1.95. The molecule has 0 aliphatic heterocycles. The van der Waals surface area contributed by atoms with Crippen molar-refractivity contribution in [2.24, 2.45) is 7.05 Å². The number of aromatic nitrogens is 3. The Morgan fingerprint density at radius 3 is 2.33 bits per heavy atom. The van der Waals surface area contributed by atoms with E-state index in [1.165, 1.54) is 10.8 Å². The van der Waals surface area contributed by atoms with E-state index >= 15 is 0 Å². The fourth-order valence-corrected chi connectivity index (χ4v) is 3.83. The number of para-hydroxylation sites is 1. The molecule has 1 aromatic carbocycles. The standard InChI is InChI=1S/C24H22F3N3O3/c1-14-5-4-6-15(2)20(14)33-21-17(8-11-30(23(21)32)12-9-24(25,26)27)18-13-29(3)22(31)19-16(18)7-10-28-19/h4-8,10-11,13,28H,9,12H2,1-3H3. The SMILES string of the molecule is Cc1cccc(C)c1Oc1c(-c2cn(C)c(=O)c3[nH]ccc23)ccn(CCC(F)(F)F)c1=O. The van der Waals surface area contributed by atoms with Crippen LogP contribution in [0.5, 0.6) is 11.5 Å². The summed E-state index contributed by atoms with van der Waals surface area (Å²) in [6.45, 7) is 3.12. The lowest BCUT2D eigenvalue weighted by atomic mass is 10.0. The molecule has 0 aliphatic carbocycles. The molecule has 0 saturated heterocycles. The lowest BCUT2D eigenvalue weighted by Crippen LogP contribution is -2.24. The van der Waals surface area contributed by atoms with E-state index in [-0.39, 0.29) is 11.3 Å². The molecule has 0 atom stereocenters. The third-order valence-corrected chi connectivity index (χ3v) is 5.55. The fourth-order valence-electron chi connectivity index (χ4n) is 3.83. The van der Waals surface area contributed by atoms with E-state index in [1.54, 1.807) is 31.6 Å². The lowest BCUT2D eigenvalue weighted by Gasteiger charge is -2.17. The number of nitrogens with zero attached hydrogens (tertiary/aromatic N) is 2. The van der Waals surface area contributed by atoms with Crippen molar-refractivity contribution in [3.8, 4) is 22.6 Å². The van der Waals surface area contributed by atoms with Crippen LogP contribution in [-0.4, -0.2) is 20.3 Å². The molecule has 0 bridgehead atoms. The zero-order chi connectivity index (χ0) is 23.9. The van der Waals surface area contributed by atoms with E-state index in [9.17, 15) is 22.8 Å². The molecule has 0 unspecified atom stereocenters. The van der Waals surface area contributed by atoms with Gasteiger partial charge in [-0.3, -0.25) is 9.59 Å². The summed E-state index contributed by atoms with van der Waals surface area (Å²) in [6, 6.07) is 8.76. The molecule has 0 saturated carbocycles. The molecule has 0 spiro atoms. The number of rotatable bonds is 5. The number of pyridine rings is 2. The number of ether oxygens (including phenoxy) is 1. The van der Waals surface area contributed by atoms with Crippen LogP contribution in [0.4, 0.5) is 13.2 Å². The minimum Gasteiger partial charge on any atom is -0.450 e. The Bertz CT molecular complexity index is 1440. The summed E-state index contributed by atoms with van der Waals surface area (Å²) in [5.74, 6) is 0.359. The smallest absolute Gasteiger partial charge is 0.390 e. The van der Waals surface area contributed by atoms with Gasteiger partial charge in [0.2, 0.25) is 0 Å². The van der Waals surface area contributed by atoms with Gasteiger partial charge < -0.3 is 18.9 Å². The van der Waals surface area contributed by atoms with Gasteiger partial charge in [0.25, 0.3) is 11.1 Å². The fraction of sp³-hybridized carbons (Fsp3) is 0.250. The number of nitrogens with one attached hydrogen (secondary N) is 1. The molecule has 172 valence electrons. The van der Waals surface area contributed by atoms with Gasteiger partial charge in [-0.15, -0.1) is 0 Å². The quantitative estimate of drug-likeness (QED) is 0.456. The molecule has 0 fully saturated rings. The molecular weight excluding hydrogens is 435 g/mol. The van der Waals surface area contributed by atoms with Crippen molar-refractivity contribution in [1.29, 1.82) is 0 Å². The molecule has 4 rings (SSSR count). The van der Waals surface area contributed by atoms with Gasteiger partial charge in [-0.1, -0.05) is 18.2 Å². The number of aromatic amines is 1. The van der Waals surface area contributed by atoms with Crippen LogP contribution in [-0.2, 0) is 13.6 Å². The van der Waals surface area contributed by atoms with Crippen LogP contribution in [0.1, 0.15) is 17.5 Å². The van der Waals surface area contributed by atoms with E-state index in [4.69, 9.17) is 4.74 Å². The van der Waals surface area contributed by atoms with Gasteiger partial charge in [0, 0.05) is 48.7 Å². The number of aryl methyl sites for hydroxylation is 4. The zero-order valence-electron chi connectivity index (χ0n) is 18.3. The van der Waals surface area contributed by atoms with Crippen LogP contribution in [0.2, 0.25) is 0 Å². The number of H-pyrrole nitrogens is 1. The largest absolute Gasteiger partial charge is 0.450 e. The van der Waals surface area contributed by atoms with E-state index in [0.29, 0.717) is 27.8 Å². The van der Waals surface area contributed by atoms with E-state index in [1.807, 2.05) is 32.0 Å². The average molecular weight is 457 g/mol. The second-order valence-corrected chi connectivity index (χ2v) is 7.97. The summed E-state index contributed by atoms with van der Waals surface area (Å²) in [7, 11) is 1.59. The summed E-state index contributed by atoms with van der Waals surface area (Å²) < 4.78 is 46.9. The number of halogens is 3. The molecule has 4 aromatic rings. The van der Waals surface area contributed by atoms with Crippen LogP contribution < -0.4 is 15.9 Å².